The van der Waals surface area contributed by atoms with Crippen LogP contribution >= 0.6 is 11.3 Å². The zero-order valence-electron chi connectivity index (χ0n) is 14.5. The predicted molar refractivity (Wildman–Crippen MR) is 106 cm³/mol. The van der Waals surface area contributed by atoms with Crippen LogP contribution in [-0.4, -0.2) is 30.3 Å². The Balaban J connectivity index is 1.70. The van der Waals surface area contributed by atoms with Gasteiger partial charge in [0.1, 0.15) is 11.6 Å². The van der Waals surface area contributed by atoms with Gasteiger partial charge in [-0.25, -0.2) is 4.39 Å². The first-order valence-corrected chi connectivity index (χ1v) is 9.40. The number of aromatic nitrogens is 5. The number of nitrogens with zero attached hydrogens (tertiary/aromatic N) is 4. The van der Waals surface area contributed by atoms with Crippen molar-refractivity contribution in [2.75, 3.05) is 0 Å². The van der Waals surface area contributed by atoms with E-state index in [9.17, 15) is 9.50 Å². The van der Waals surface area contributed by atoms with Gasteiger partial charge >= 0.3 is 0 Å². The van der Waals surface area contributed by atoms with Crippen molar-refractivity contribution in [2.24, 2.45) is 0 Å². The first kappa shape index (κ1) is 16.6. The molecule has 0 aliphatic rings. The summed E-state index contributed by atoms with van der Waals surface area (Å²) < 4.78 is 17.7. The third-order valence-electron chi connectivity index (χ3n) is 4.57. The molecule has 0 amide bonds. The first-order chi connectivity index (χ1) is 13.7. The zero-order chi connectivity index (χ0) is 19.1. The monoisotopic (exact) mass is 391 g/mol. The summed E-state index contributed by atoms with van der Waals surface area (Å²) in [5.74, 6) is -0.0219. The average molecular weight is 391 g/mol. The van der Waals surface area contributed by atoms with E-state index in [-0.39, 0.29) is 5.75 Å². The SMILES string of the molecule is Oc1ccc(-c2cc3sc(-c4nn[nH]n4)cc3n2Cc2ccccc2)c(F)c1. The van der Waals surface area contributed by atoms with Crippen molar-refractivity contribution in [3.63, 3.8) is 0 Å². The van der Waals surface area contributed by atoms with Gasteiger partial charge in [0.25, 0.3) is 0 Å². The Bertz CT molecular complexity index is 1260. The number of halogens is 1. The number of rotatable bonds is 4. The van der Waals surface area contributed by atoms with Crippen LogP contribution in [0.25, 0.3) is 32.2 Å². The van der Waals surface area contributed by atoms with E-state index >= 15 is 0 Å². The van der Waals surface area contributed by atoms with Crippen molar-refractivity contribution < 1.29 is 9.50 Å². The number of tetrazole rings is 1. The number of hydrogen-bond donors (Lipinski definition) is 2. The Kier molecular flexibility index (Phi) is 3.91. The van der Waals surface area contributed by atoms with E-state index in [4.69, 9.17) is 0 Å². The lowest BCUT2D eigenvalue weighted by atomic mass is 10.1. The maximum atomic E-state index is 14.6. The first-order valence-electron chi connectivity index (χ1n) is 8.59. The molecule has 0 saturated heterocycles. The number of phenols is 1. The summed E-state index contributed by atoms with van der Waals surface area (Å²) in [7, 11) is 0. The van der Waals surface area contributed by atoms with Gasteiger partial charge in [0.15, 0.2) is 0 Å². The van der Waals surface area contributed by atoms with Crippen LogP contribution in [0, 0.1) is 5.82 Å². The molecule has 0 spiro atoms. The van der Waals surface area contributed by atoms with Gasteiger partial charge in [-0.15, -0.1) is 21.5 Å². The van der Waals surface area contributed by atoms with E-state index in [1.165, 1.54) is 17.4 Å². The Morgan fingerprint density at radius 1 is 1.07 bits per heavy atom. The second kappa shape index (κ2) is 6.58. The van der Waals surface area contributed by atoms with E-state index in [2.05, 4.69) is 25.2 Å². The van der Waals surface area contributed by atoms with Crippen LogP contribution in [0.4, 0.5) is 4.39 Å². The third-order valence-corrected chi connectivity index (χ3v) is 5.63. The van der Waals surface area contributed by atoms with Crippen molar-refractivity contribution in [3.8, 4) is 27.7 Å². The number of aromatic hydroxyl groups is 1. The number of thiophene rings is 1. The van der Waals surface area contributed by atoms with Crippen LogP contribution in [0.3, 0.4) is 0 Å². The van der Waals surface area contributed by atoms with Gasteiger partial charge in [0, 0.05) is 18.2 Å². The molecule has 0 aliphatic carbocycles. The maximum absolute atomic E-state index is 14.6. The summed E-state index contributed by atoms with van der Waals surface area (Å²) in [4.78, 5) is 0.887. The minimum atomic E-state index is -0.460. The van der Waals surface area contributed by atoms with Crippen molar-refractivity contribution >= 4 is 21.6 Å². The standard InChI is InChI=1S/C20H14FN5OS/c21-15-8-13(27)6-7-14(15)16-9-18-17(10-19(28-18)20-22-24-25-23-20)26(16)11-12-4-2-1-3-5-12/h1-10,27H,11H2,(H,22,23,24,25). The number of hydrogen-bond acceptors (Lipinski definition) is 5. The van der Waals surface area contributed by atoms with Crippen LogP contribution in [-0.2, 0) is 6.54 Å². The number of phenolic OH excluding ortho intramolecular Hbond substituents is 1. The van der Waals surface area contributed by atoms with Gasteiger partial charge in [0.05, 0.1) is 20.8 Å². The Hall–Kier alpha value is -3.52. The van der Waals surface area contributed by atoms with Crippen LogP contribution in [0.5, 0.6) is 5.75 Å². The van der Waals surface area contributed by atoms with Crippen molar-refractivity contribution in [1.29, 1.82) is 0 Å². The highest BCUT2D eigenvalue weighted by Crippen LogP contribution is 2.38. The number of nitrogens with one attached hydrogen (secondary N) is 1. The van der Waals surface area contributed by atoms with Crippen molar-refractivity contribution in [3.05, 3.63) is 72.0 Å². The lowest BCUT2D eigenvalue weighted by Gasteiger charge is -2.12. The van der Waals surface area contributed by atoms with Gasteiger partial charge in [0.2, 0.25) is 5.82 Å². The van der Waals surface area contributed by atoms with Gasteiger partial charge in [-0.1, -0.05) is 30.3 Å². The molecule has 2 aromatic carbocycles. The molecule has 0 saturated carbocycles. The van der Waals surface area contributed by atoms with Gasteiger partial charge in [-0.3, -0.25) is 0 Å². The topological polar surface area (TPSA) is 79.6 Å². The largest absolute Gasteiger partial charge is 0.508 e. The molecule has 2 N–H and O–H groups in total. The maximum Gasteiger partial charge on any atom is 0.214 e. The Labute approximate surface area is 162 Å². The second-order valence-corrected chi connectivity index (χ2v) is 7.44. The number of H-pyrrole nitrogens is 1. The van der Waals surface area contributed by atoms with Crippen LogP contribution in [0.15, 0.2) is 60.7 Å². The van der Waals surface area contributed by atoms with Gasteiger partial charge in [-0.2, -0.15) is 5.21 Å². The molecule has 0 aliphatic heterocycles. The van der Waals surface area contributed by atoms with Crippen molar-refractivity contribution in [1.82, 2.24) is 25.2 Å². The summed E-state index contributed by atoms with van der Waals surface area (Å²) in [6.07, 6.45) is 0. The minimum absolute atomic E-state index is 0.0939. The van der Waals surface area contributed by atoms with Crippen LogP contribution in [0.1, 0.15) is 5.56 Å². The molecule has 0 unspecified atom stereocenters. The summed E-state index contributed by atoms with van der Waals surface area (Å²) in [6.45, 7) is 0.586. The lowest BCUT2D eigenvalue weighted by molar-refractivity contribution is 0.469. The Morgan fingerprint density at radius 2 is 1.93 bits per heavy atom. The fraction of sp³-hybridized carbons (Fsp3) is 0.0500. The number of fused-ring (bicyclic) bond motifs is 1. The molecule has 3 aromatic heterocycles. The van der Waals surface area contributed by atoms with E-state index in [0.29, 0.717) is 17.9 Å². The predicted octanol–water partition coefficient (Wildman–Crippen LogP) is 4.44. The normalized spacial score (nSPS) is 11.3. The molecule has 3 heterocycles. The molecule has 5 rings (SSSR count). The number of aromatic amines is 1. The van der Waals surface area contributed by atoms with Crippen molar-refractivity contribution in [2.45, 2.75) is 6.54 Å². The molecule has 0 atom stereocenters. The van der Waals surface area contributed by atoms with E-state index in [1.54, 1.807) is 6.07 Å². The van der Waals surface area contributed by atoms with E-state index in [0.717, 1.165) is 32.4 Å². The van der Waals surface area contributed by atoms with E-state index < -0.39 is 5.82 Å². The molecular formula is C20H14FN5OS. The quantitative estimate of drug-likeness (QED) is 0.475. The molecule has 28 heavy (non-hydrogen) atoms. The molecule has 6 nitrogen and oxygen atoms in total. The fourth-order valence-electron chi connectivity index (χ4n) is 3.29. The fourth-order valence-corrected chi connectivity index (χ4v) is 4.32. The van der Waals surface area contributed by atoms with Crippen LogP contribution in [0.2, 0.25) is 0 Å². The molecule has 0 radical (unpaired) electrons. The molecule has 0 bridgehead atoms. The molecule has 5 aromatic rings. The lowest BCUT2D eigenvalue weighted by Crippen LogP contribution is -2.02. The van der Waals surface area contributed by atoms with Gasteiger partial charge < -0.3 is 9.67 Å². The molecule has 8 heteroatoms. The number of benzene rings is 2. The minimum Gasteiger partial charge on any atom is -0.508 e. The average Bonchev–Trinajstić information content (AvgIpc) is 3.40. The van der Waals surface area contributed by atoms with E-state index in [1.807, 2.05) is 42.5 Å². The molecule has 138 valence electrons. The summed E-state index contributed by atoms with van der Waals surface area (Å²) >= 11 is 1.53. The van der Waals surface area contributed by atoms with Gasteiger partial charge in [-0.05, 0) is 35.0 Å². The highest BCUT2D eigenvalue weighted by molar-refractivity contribution is 7.22. The summed E-state index contributed by atoms with van der Waals surface area (Å²) in [5, 5.41) is 23.7. The molecular weight excluding hydrogens is 377 g/mol. The second-order valence-electron chi connectivity index (χ2n) is 6.36. The zero-order valence-corrected chi connectivity index (χ0v) is 15.3. The van der Waals surface area contributed by atoms with Crippen LogP contribution < -0.4 is 0 Å². The smallest absolute Gasteiger partial charge is 0.214 e. The highest BCUT2D eigenvalue weighted by atomic mass is 32.1. The molecule has 0 fully saturated rings. The summed E-state index contributed by atoms with van der Waals surface area (Å²) in [6, 6.07) is 18.2. The third kappa shape index (κ3) is 2.84. The summed E-state index contributed by atoms with van der Waals surface area (Å²) in [5.41, 5.74) is 3.27. The Morgan fingerprint density at radius 3 is 2.68 bits per heavy atom. The highest BCUT2D eigenvalue weighted by Gasteiger charge is 2.18.